The number of fused-ring (bicyclic) bond motifs is 3. The van der Waals surface area contributed by atoms with Crippen molar-refractivity contribution in [2.75, 3.05) is 41.7 Å². The van der Waals surface area contributed by atoms with Gasteiger partial charge in [0.2, 0.25) is 11.9 Å². The number of imidazole rings is 1. The Kier molecular flexibility index (Phi) is 4.62. The molecule has 0 saturated carbocycles. The Morgan fingerprint density at radius 3 is 2.90 bits per heavy atom. The molecule has 1 saturated heterocycles. The molecule has 3 aliphatic heterocycles. The number of aliphatic imine (C=N–C) groups is 1. The summed E-state index contributed by atoms with van der Waals surface area (Å²) >= 11 is 0. The summed E-state index contributed by atoms with van der Waals surface area (Å²) in [4.78, 5) is 29.3. The average molecular weight is 409 g/mol. The van der Waals surface area contributed by atoms with Gasteiger partial charge in [0.05, 0.1) is 13.1 Å². The maximum atomic E-state index is 13.7. The fourth-order valence-corrected chi connectivity index (χ4v) is 4.66. The highest BCUT2D eigenvalue weighted by Gasteiger charge is 2.42. The van der Waals surface area contributed by atoms with Gasteiger partial charge in [0.1, 0.15) is 0 Å². The minimum atomic E-state index is -0.0637. The zero-order valence-electron chi connectivity index (χ0n) is 17.3. The van der Waals surface area contributed by atoms with Crippen LogP contribution in [0.4, 0.5) is 17.5 Å². The van der Waals surface area contributed by atoms with Crippen LogP contribution in [0, 0.1) is 0 Å². The number of hydrogen-bond acceptors (Lipinski definition) is 7. The number of benzene rings is 1. The van der Waals surface area contributed by atoms with E-state index in [-0.39, 0.29) is 11.9 Å². The van der Waals surface area contributed by atoms with Gasteiger partial charge in [-0.15, -0.1) is 0 Å². The summed E-state index contributed by atoms with van der Waals surface area (Å²) in [5.74, 6) is 2.17. The van der Waals surface area contributed by atoms with E-state index < -0.39 is 0 Å². The highest BCUT2D eigenvalue weighted by Crippen LogP contribution is 2.35. The lowest BCUT2D eigenvalue weighted by Gasteiger charge is -2.33. The minimum absolute atomic E-state index is 0.0637. The van der Waals surface area contributed by atoms with Gasteiger partial charge in [-0.3, -0.25) is 19.6 Å². The van der Waals surface area contributed by atoms with Crippen LogP contribution in [-0.2, 0) is 13.1 Å². The van der Waals surface area contributed by atoms with Gasteiger partial charge in [-0.2, -0.15) is 4.98 Å². The second-order valence-corrected chi connectivity index (χ2v) is 8.15. The van der Waals surface area contributed by atoms with Crippen molar-refractivity contribution < 1.29 is 4.79 Å². The van der Waals surface area contributed by atoms with E-state index in [2.05, 4.69) is 21.7 Å². The van der Waals surface area contributed by atoms with Crippen molar-refractivity contribution in [1.29, 1.82) is 0 Å². The van der Waals surface area contributed by atoms with Crippen molar-refractivity contribution in [2.24, 2.45) is 10.7 Å². The van der Waals surface area contributed by atoms with Gasteiger partial charge in [0.15, 0.2) is 11.5 Å². The number of rotatable bonds is 4. The number of hydrogen-bond donors (Lipinski definition) is 2. The Hall–Kier alpha value is -3.07. The Morgan fingerprint density at radius 2 is 2.13 bits per heavy atom. The van der Waals surface area contributed by atoms with E-state index >= 15 is 0 Å². The molecule has 9 nitrogen and oxygen atoms in total. The van der Waals surface area contributed by atoms with E-state index in [9.17, 15) is 4.79 Å². The molecule has 30 heavy (non-hydrogen) atoms. The number of nitrogens with zero attached hydrogens (tertiary/aromatic N) is 6. The van der Waals surface area contributed by atoms with E-state index in [4.69, 9.17) is 16.5 Å². The molecule has 0 radical (unpaired) electrons. The van der Waals surface area contributed by atoms with Gasteiger partial charge in [0, 0.05) is 37.9 Å². The Morgan fingerprint density at radius 1 is 1.27 bits per heavy atom. The van der Waals surface area contributed by atoms with Gasteiger partial charge in [0.25, 0.3) is 5.91 Å². The first kappa shape index (κ1) is 18.9. The summed E-state index contributed by atoms with van der Waals surface area (Å²) in [6, 6.07) is 7.78. The van der Waals surface area contributed by atoms with Crippen molar-refractivity contribution >= 4 is 29.3 Å². The largest absolute Gasteiger partial charge is 0.399 e. The predicted molar refractivity (Wildman–Crippen MR) is 118 cm³/mol. The Balaban J connectivity index is 1.56. The molecule has 1 aromatic carbocycles. The molecular formula is C21H28N8O. The van der Waals surface area contributed by atoms with Crippen molar-refractivity contribution in [1.82, 2.24) is 14.5 Å². The molecule has 158 valence electrons. The van der Waals surface area contributed by atoms with E-state index in [0.29, 0.717) is 37.0 Å². The topological polar surface area (TPSA) is 109 Å². The van der Waals surface area contributed by atoms with Crippen molar-refractivity contribution in [2.45, 2.75) is 38.9 Å². The summed E-state index contributed by atoms with van der Waals surface area (Å²) in [5, 5.41) is 0. The standard InChI is InChI=1S/C21H28N8O/c1-2-27-17-18(25-21(27)26-9-4-7-16(23)13-26)28-10-8-24-20(28)29(19(17)30)12-14-5-3-6-15(22)11-14/h3,5-6,11,16H,2,4,7-10,12-13,22-23H2,1H3/t16-/m1/s1. The van der Waals surface area contributed by atoms with Crippen molar-refractivity contribution in [3.63, 3.8) is 0 Å². The number of nitrogen functional groups attached to an aromatic ring is 1. The van der Waals surface area contributed by atoms with Gasteiger partial charge in [-0.1, -0.05) is 12.1 Å². The number of carbonyl (C=O) groups excluding carboxylic acids is 1. The maximum absolute atomic E-state index is 13.7. The molecule has 3 aliphatic rings. The molecule has 1 amide bonds. The first-order chi connectivity index (χ1) is 14.6. The molecule has 1 atom stereocenters. The molecule has 1 aromatic heterocycles. The number of amides is 1. The third kappa shape index (κ3) is 3.00. The third-order valence-corrected chi connectivity index (χ3v) is 6.04. The lowest BCUT2D eigenvalue weighted by molar-refractivity contribution is 0.0823. The van der Waals surface area contributed by atoms with E-state index in [0.717, 1.165) is 49.8 Å². The van der Waals surface area contributed by atoms with Crippen molar-refractivity contribution in [3.8, 4) is 0 Å². The SMILES string of the molecule is CCn1c(N2CCC[C@@H](N)C2)nc2c1C(=O)N(Cc1cccc(N)c1)C1=NCCN12. The molecule has 9 heteroatoms. The third-order valence-electron chi connectivity index (χ3n) is 6.04. The molecule has 2 aromatic rings. The zero-order chi connectivity index (χ0) is 20.8. The van der Waals surface area contributed by atoms with Crippen LogP contribution in [0.1, 0.15) is 35.8 Å². The number of piperidine rings is 1. The number of carbonyl (C=O) groups is 1. The van der Waals surface area contributed by atoms with Crippen LogP contribution in [0.5, 0.6) is 0 Å². The molecule has 4 N–H and O–H groups in total. The normalized spacial score (nSPS) is 21.0. The molecule has 0 bridgehead atoms. The fourth-order valence-electron chi connectivity index (χ4n) is 4.66. The highest BCUT2D eigenvalue weighted by molar-refractivity contribution is 6.18. The highest BCUT2D eigenvalue weighted by atomic mass is 16.2. The monoisotopic (exact) mass is 408 g/mol. The van der Waals surface area contributed by atoms with E-state index in [1.54, 1.807) is 4.90 Å². The van der Waals surface area contributed by atoms with Crippen molar-refractivity contribution in [3.05, 3.63) is 35.5 Å². The predicted octanol–water partition coefficient (Wildman–Crippen LogP) is 1.24. The molecule has 0 unspecified atom stereocenters. The van der Waals surface area contributed by atoms with Gasteiger partial charge in [-0.05, 0) is 37.5 Å². The summed E-state index contributed by atoms with van der Waals surface area (Å²) in [5.41, 5.74) is 14.5. The number of aromatic nitrogens is 2. The van der Waals surface area contributed by atoms with Crippen LogP contribution < -0.4 is 21.3 Å². The first-order valence-corrected chi connectivity index (χ1v) is 10.7. The number of anilines is 3. The Bertz CT molecular complexity index is 1010. The summed E-state index contributed by atoms with van der Waals surface area (Å²) in [6.45, 7) is 6.20. The molecule has 1 fully saturated rings. The second-order valence-electron chi connectivity index (χ2n) is 8.15. The maximum Gasteiger partial charge on any atom is 0.281 e. The van der Waals surface area contributed by atoms with Gasteiger partial charge in [-0.25, -0.2) is 0 Å². The smallest absolute Gasteiger partial charge is 0.281 e. The molecule has 5 rings (SSSR count). The van der Waals surface area contributed by atoms with E-state index in [1.807, 2.05) is 28.8 Å². The van der Waals surface area contributed by atoms with Crippen LogP contribution >= 0.6 is 0 Å². The van der Waals surface area contributed by atoms with E-state index in [1.165, 1.54) is 0 Å². The summed E-state index contributed by atoms with van der Waals surface area (Å²) in [6.07, 6.45) is 2.06. The molecule has 4 heterocycles. The molecule has 0 spiro atoms. The van der Waals surface area contributed by atoms with Crippen LogP contribution in [0.2, 0.25) is 0 Å². The lowest BCUT2D eigenvalue weighted by atomic mass is 10.1. The Labute approximate surface area is 176 Å². The molecular weight excluding hydrogens is 380 g/mol. The van der Waals surface area contributed by atoms with Gasteiger partial charge < -0.3 is 20.9 Å². The summed E-state index contributed by atoms with van der Waals surface area (Å²) in [7, 11) is 0. The zero-order valence-corrected chi connectivity index (χ0v) is 17.3. The number of guanidine groups is 1. The van der Waals surface area contributed by atoms with Crippen LogP contribution in [0.15, 0.2) is 29.3 Å². The number of nitrogens with two attached hydrogens (primary N) is 2. The van der Waals surface area contributed by atoms with Crippen LogP contribution in [-0.4, -0.2) is 58.5 Å². The fraction of sp³-hybridized carbons (Fsp3) is 0.476. The first-order valence-electron chi connectivity index (χ1n) is 10.7. The quantitative estimate of drug-likeness (QED) is 0.737. The molecule has 0 aliphatic carbocycles. The second kappa shape index (κ2) is 7.32. The minimum Gasteiger partial charge on any atom is -0.399 e. The van der Waals surface area contributed by atoms with Crippen LogP contribution in [0.25, 0.3) is 0 Å². The van der Waals surface area contributed by atoms with Crippen LogP contribution in [0.3, 0.4) is 0 Å². The lowest BCUT2D eigenvalue weighted by Crippen LogP contribution is -2.50. The van der Waals surface area contributed by atoms with Gasteiger partial charge >= 0.3 is 0 Å². The average Bonchev–Trinajstić information content (AvgIpc) is 3.36. The summed E-state index contributed by atoms with van der Waals surface area (Å²) < 4.78 is 2.04.